The minimum Gasteiger partial charge on any atom is -0.452 e. The van der Waals surface area contributed by atoms with Gasteiger partial charge in [0.2, 0.25) is 11.7 Å². The van der Waals surface area contributed by atoms with E-state index in [0.29, 0.717) is 11.3 Å². The molecule has 1 amide bonds. The van der Waals surface area contributed by atoms with Crippen molar-refractivity contribution < 1.29 is 36.8 Å². The van der Waals surface area contributed by atoms with Crippen molar-refractivity contribution in [3.8, 4) is 17.1 Å². The van der Waals surface area contributed by atoms with Crippen LogP contribution in [0.2, 0.25) is 0 Å². The number of rotatable bonds is 6. The molecule has 1 heterocycles. The molecular formula is C19H14F3N3O5. The highest BCUT2D eigenvalue weighted by atomic mass is 19.4. The smallest absolute Gasteiger partial charge is 0.452 e. The second-order valence-electron chi connectivity index (χ2n) is 5.92. The van der Waals surface area contributed by atoms with Crippen molar-refractivity contribution in [2.75, 3.05) is 5.32 Å². The molecule has 156 valence electrons. The molecule has 3 rings (SSSR count). The van der Waals surface area contributed by atoms with Crippen molar-refractivity contribution in [1.82, 2.24) is 10.1 Å². The lowest BCUT2D eigenvalue weighted by Gasteiger charge is -2.08. The number of nitrogens with one attached hydrogen (secondary N) is 1. The van der Waals surface area contributed by atoms with Gasteiger partial charge in [0.25, 0.3) is 5.89 Å². The molecule has 3 aromatic rings. The summed E-state index contributed by atoms with van der Waals surface area (Å²) in [5.74, 6) is -1.24. The zero-order chi connectivity index (χ0) is 21.7. The van der Waals surface area contributed by atoms with Crippen LogP contribution in [0.15, 0.2) is 53.1 Å². The average Bonchev–Trinajstić information content (AvgIpc) is 3.14. The number of nitrogens with zero attached hydrogens (tertiary/aromatic N) is 2. The molecule has 1 aromatic heterocycles. The molecule has 8 nitrogen and oxygen atoms in total. The van der Waals surface area contributed by atoms with E-state index in [4.69, 9.17) is 9.26 Å². The molecular weight excluding hydrogens is 407 g/mol. The standard InChI is InChI=1S/C19H14F3N3O5/c1-11(26)23-14-4-2-3-13(9-14)18(27)28-10-16-24-17(25-30-16)12-5-7-15(8-6-12)29-19(20,21)22/h2-9H,10H2,1H3,(H,23,26). The van der Waals surface area contributed by atoms with Crippen molar-refractivity contribution in [3.05, 3.63) is 60.0 Å². The highest BCUT2D eigenvalue weighted by Gasteiger charge is 2.31. The molecule has 0 saturated carbocycles. The summed E-state index contributed by atoms with van der Waals surface area (Å²) in [5, 5.41) is 6.25. The third-order valence-corrected chi connectivity index (χ3v) is 3.56. The maximum Gasteiger partial charge on any atom is 0.573 e. The van der Waals surface area contributed by atoms with Crippen LogP contribution >= 0.6 is 0 Å². The van der Waals surface area contributed by atoms with Crippen molar-refractivity contribution in [2.45, 2.75) is 19.9 Å². The van der Waals surface area contributed by atoms with Gasteiger partial charge in [-0.25, -0.2) is 4.79 Å². The first kappa shape index (κ1) is 20.8. The molecule has 0 aliphatic carbocycles. The summed E-state index contributed by atoms with van der Waals surface area (Å²) in [6.45, 7) is 1.03. The van der Waals surface area contributed by atoms with E-state index in [9.17, 15) is 22.8 Å². The summed E-state index contributed by atoms with van der Waals surface area (Å²) >= 11 is 0. The van der Waals surface area contributed by atoms with E-state index < -0.39 is 12.3 Å². The lowest BCUT2D eigenvalue weighted by molar-refractivity contribution is -0.274. The molecule has 30 heavy (non-hydrogen) atoms. The summed E-state index contributed by atoms with van der Waals surface area (Å²) in [7, 11) is 0. The van der Waals surface area contributed by atoms with Gasteiger partial charge in [0.1, 0.15) is 5.75 Å². The number of alkyl halides is 3. The van der Waals surface area contributed by atoms with Gasteiger partial charge in [0.05, 0.1) is 5.56 Å². The normalized spacial score (nSPS) is 11.1. The molecule has 0 saturated heterocycles. The fraction of sp³-hybridized carbons (Fsp3) is 0.158. The molecule has 2 aromatic carbocycles. The van der Waals surface area contributed by atoms with Crippen molar-refractivity contribution in [3.63, 3.8) is 0 Å². The Morgan fingerprint density at radius 1 is 1.13 bits per heavy atom. The fourth-order valence-electron chi connectivity index (χ4n) is 2.37. The predicted molar refractivity (Wildman–Crippen MR) is 96.3 cm³/mol. The van der Waals surface area contributed by atoms with E-state index in [1.165, 1.54) is 31.2 Å². The number of esters is 1. The molecule has 0 fully saturated rings. The number of amides is 1. The maximum absolute atomic E-state index is 12.2. The fourth-order valence-corrected chi connectivity index (χ4v) is 2.37. The summed E-state index contributed by atoms with van der Waals surface area (Å²) in [6.07, 6.45) is -4.79. The van der Waals surface area contributed by atoms with Crippen LogP contribution in [-0.4, -0.2) is 28.4 Å². The summed E-state index contributed by atoms with van der Waals surface area (Å²) in [4.78, 5) is 27.3. The first-order valence-corrected chi connectivity index (χ1v) is 8.43. The molecule has 0 atom stereocenters. The first-order valence-electron chi connectivity index (χ1n) is 8.43. The van der Waals surface area contributed by atoms with Crippen LogP contribution in [0.4, 0.5) is 18.9 Å². The highest BCUT2D eigenvalue weighted by Crippen LogP contribution is 2.25. The number of ether oxygens (including phenoxy) is 2. The van der Waals surface area contributed by atoms with Crippen LogP contribution in [0.1, 0.15) is 23.2 Å². The summed E-state index contributed by atoms with van der Waals surface area (Å²) < 4.78 is 50.5. The van der Waals surface area contributed by atoms with Gasteiger partial charge in [-0.15, -0.1) is 13.2 Å². The number of halogens is 3. The number of hydrogen-bond donors (Lipinski definition) is 1. The molecule has 0 spiro atoms. The van der Waals surface area contributed by atoms with Crippen LogP contribution in [0, 0.1) is 0 Å². The predicted octanol–water partition coefficient (Wildman–Crippen LogP) is 3.95. The molecule has 0 bridgehead atoms. The molecule has 0 aliphatic heterocycles. The van der Waals surface area contributed by atoms with E-state index >= 15 is 0 Å². The maximum atomic E-state index is 12.2. The van der Waals surface area contributed by atoms with Gasteiger partial charge in [-0.2, -0.15) is 4.98 Å². The van der Waals surface area contributed by atoms with Gasteiger partial charge >= 0.3 is 12.3 Å². The van der Waals surface area contributed by atoms with Crippen LogP contribution in [-0.2, 0) is 16.1 Å². The van der Waals surface area contributed by atoms with Gasteiger partial charge in [-0.1, -0.05) is 11.2 Å². The summed E-state index contributed by atoms with van der Waals surface area (Å²) in [5.41, 5.74) is 1.03. The van der Waals surface area contributed by atoms with Gasteiger partial charge < -0.3 is 19.3 Å². The number of benzene rings is 2. The molecule has 0 unspecified atom stereocenters. The Balaban J connectivity index is 1.60. The Morgan fingerprint density at radius 2 is 1.87 bits per heavy atom. The van der Waals surface area contributed by atoms with Gasteiger partial charge in [-0.3, -0.25) is 4.79 Å². The number of hydrogen-bond acceptors (Lipinski definition) is 7. The number of carbonyl (C=O) groups excluding carboxylic acids is 2. The largest absolute Gasteiger partial charge is 0.573 e. The molecule has 0 radical (unpaired) electrons. The zero-order valence-electron chi connectivity index (χ0n) is 15.4. The van der Waals surface area contributed by atoms with Crippen LogP contribution in [0.25, 0.3) is 11.4 Å². The monoisotopic (exact) mass is 421 g/mol. The Bertz CT molecular complexity index is 1050. The first-order chi connectivity index (χ1) is 14.2. The molecule has 0 aliphatic rings. The second kappa shape index (κ2) is 8.64. The molecule has 11 heteroatoms. The minimum atomic E-state index is -4.79. The van der Waals surface area contributed by atoms with Gasteiger partial charge in [0.15, 0.2) is 6.61 Å². The van der Waals surface area contributed by atoms with Gasteiger partial charge in [-0.05, 0) is 42.5 Å². The van der Waals surface area contributed by atoms with Crippen LogP contribution in [0.3, 0.4) is 0 Å². The van der Waals surface area contributed by atoms with Crippen molar-refractivity contribution in [2.24, 2.45) is 0 Å². The van der Waals surface area contributed by atoms with E-state index in [1.807, 2.05) is 0 Å². The third-order valence-electron chi connectivity index (χ3n) is 3.56. The Morgan fingerprint density at radius 3 is 2.53 bits per heavy atom. The van der Waals surface area contributed by atoms with Crippen LogP contribution in [0.5, 0.6) is 5.75 Å². The second-order valence-corrected chi connectivity index (χ2v) is 5.92. The number of carbonyl (C=O) groups is 2. The van der Waals surface area contributed by atoms with Gasteiger partial charge in [0, 0.05) is 18.2 Å². The van der Waals surface area contributed by atoms with Crippen molar-refractivity contribution in [1.29, 1.82) is 0 Å². The summed E-state index contributed by atoms with van der Waals surface area (Å²) in [6, 6.07) is 11.0. The lowest BCUT2D eigenvalue weighted by Crippen LogP contribution is -2.16. The minimum absolute atomic E-state index is 0.00742. The Hall–Kier alpha value is -3.89. The van der Waals surface area contributed by atoms with E-state index in [0.717, 1.165) is 12.1 Å². The number of anilines is 1. The van der Waals surface area contributed by atoms with Crippen molar-refractivity contribution >= 4 is 17.6 Å². The Kier molecular flexibility index (Phi) is 6.00. The van der Waals surface area contributed by atoms with E-state index in [1.54, 1.807) is 12.1 Å². The van der Waals surface area contributed by atoms with Crippen LogP contribution < -0.4 is 10.1 Å². The topological polar surface area (TPSA) is 104 Å². The van der Waals surface area contributed by atoms with E-state index in [-0.39, 0.29) is 35.5 Å². The quantitative estimate of drug-likeness (QED) is 0.601. The Labute approximate surface area is 167 Å². The highest BCUT2D eigenvalue weighted by molar-refractivity contribution is 5.93. The SMILES string of the molecule is CC(=O)Nc1cccc(C(=O)OCc2nc(-c3ccc(OC(F)(F)F)cc3)no2)c1. The number of aromatic nitrogens is 2. The lowest BCUT2D eigenvalue weighted by atomic mass is 10.2. The third kappa shape index (κ3) is 5.80. The average molecular weight is 421 g/mol. The van der Waals surface area contributed by atoms with E-state index in [2.05, 4.69) is 20.2 Å². The zero-order valence-corrected chi connectivity index (χ0v) is 15.4. The molecule has 1 N–H and O–H groups in total.